The lowest BCUT2D eigenvalue weighted by atomic mass is 10.2. The number of hydrogen-bond acceptors (Lipinski definition) is 3. The lowest BCUT2D eigenvalue weighted by molar-refractivity contribution is 0.0984. The summed E-state index contributed by atoms with van der Waals surface area (Å²) in [5, 5.41) is 3.34. The van der Waals surface area contributed by atoms with Crippen LogP contribution in [0.2, 0.25) is 0 Å². The van der Waals surface area contributed by atoms with Crippen LogP contribution in [0.4, 0.5) is 11.4 Å². The fourth-order valence-corrected chi connectivity index (χ4v) is 2.75. The molecule has 1 aliphatic rings. The average Bonchev–Trinajstić information content (AvgIpc) is 2.99. The molecular formula is C18H21N3O. The molecule has 0 saturated carbocycles. The minimum absolute atomic E-state index is 0.0240. The first-order valence-electron chi connectivity index (χ1n) is 7.89. The zero-order chi connectivity index (χ0) is 15.4. The Morgan fingerprint density at radius 3 is 3.05 bits per heavy atom. The third-order valence-electron chi connectivity index (χ3n) is 3.97. The summed E-state index contributed by atoms with van der Waals surface area (Å²) in [6.07, 6.45) is 4.87. The molecule has 0 atom stereocenters. The molecule has 0 unspecified atom stereocenters. The summed E-state index contributed by atoms with van der Waals surface area (Å²) in [4.78, 5) is 18.8. The van der Waals surface area contributed by atoms with E-state index in [1.54, 1.807) is 6.20 Å². The quantitative estimate of drug-likeness (QED) is 0.859. The van der Waals surface area contributed by atoms with Crippen LogP contribution in [0.25, 0.3) is 0 Å². The number of para-hydroxylation sites is 1. The van der Waals surface area contributed by atoms with E-state index in [1.165, 1.54) is 5.56 Å². The van der Waals surface area contributed by atoms with Gasteiger partial charge in [0, 0.05) is 30.7 Å². The molecule has 1 aromatic carbocycles. The maximum Gasteiger partial charge on any atom is 0.276 e. The molecule has 4 heteroatoms. The third kappa shape index (κ3) is 2.96. The number of pyridine rings is 1. The van der Waals surface area contributed by atoms with E-state index in [4.69, 9.17) is 0 Å². The highest BCUT2D eigenvalue weighted by Crippen LogP contribution is 2.28. The predicted octanol–water partition coefficient (Wildman–Crippen LogP) is 3.50. The lowest BCUT2D eigenvalue weighted by Crippen LogP contribution is -2.29. The number of unbranched alkanes of at least 4 members (excludes halogenated alkanes) is 1. The van der Waals surface area contributed by atoms with Gasteiger partial charge in [-0.25, -0.2) is 0 Å². The molecule has 0 bridgehead atoms. The van der Waals surface area contributed by atoms with Gasteiger partial charge in [0.1, 0.15) is 5.69 Å². The van der Waals surface area contributed by atoms with Crippen LogP contribution >= 0.6 is 0 Å². The van der Waals surface area contributed by atoms with Crippen molar-refractivity contribution in [1.82, 2.24) is 4.98 Å². The number of anilines is 2. The molecule has 0 saturated heterocycles. The van der Waals surface area contributed by atoms with Crippen LogP contribution in [0.5, 0.6) is 0 Å². The molecule has 0 radical (unpaired) electrons. The maximum atomic E-state index is 12.7. The SMILES string of the molecule is CCCCNc1ccnc(C(=O)N2CCc3ccccc32)c1. The Balaban J connectivity index is 1.77. The number of nitrogens with zero attached hydrogens (tertiary/aromatic N) is 2. The molecule has 4 nitrogen and oxygen atoms in total. The second-order valence-corrected chi connectivity index (χ2v) is 5.55. The van der Waals surface area contributed by atoms with Crippen LogP contribution in [0.3, 0.4) is 0 Å². The molecule has 2 heterocycles. The first-order valence-corrected chi connectivity index (χ1v) is 7.89. The summed E-state index contributed by atoms with van der Waals surface area (Å²) in [7, 11) is 0. The average molecular weight is 295 g/mol. The number of amides is 1. The molecule has 0 spiro atoms. The number of carbonyl (C=O) groups is 1. The largest absolute Gasteiger partial charge is 0.385 e. The Kier molecular flexibility index (Phi) is 4.37. The van der Waals surface area contributed by atoms with E-state index in [9.17, 15) is 4.79 Å². The minimum atomic E-state index is -0.0240. The number of aromatic nitrogens is 1. The molecule has 0 fully saturated rings. The van der Waals surface area contributed by atoms with E-state index in [1.807, 2.05) is 35.2 Å². The van der Waals surface area contributed by atoms with Crippen molar-refractivity contribution in [3.05, 3.63) is 53.9 Å². The topological polar surface area (TPSA) is 45.2 Å². The second-order valence-electron chi connectivity index (χ2n) is 5.55. The number of hydrogen-bond donors (Lipinski definition) is 1. The van der Waals surface area contributed by atoms with Gasteiger partial charge in [-0.3, -0.25) is 9.78 Å². The molecular weight excluding hydrogens is 274 g/mol. The molecule has 22 heavy (non-hydrogen) atoms. The van der Waals surface area contributed by atoms with Crippen LogP contribution in [-0.2, 0) is 6.42 Å². The van der Waals surface area contributed by atoms with Crippen molar-refractivity contribution in [3.63, 3.8) is 0 Å². The Hall–Kier alpha value is -2.36. The van der Waals surface area contributed by atoms with E-state index in [2.05, 4.69) is 23.3 Å². The fraction of sp³-hybridized carbons (Fsp3) is 0.333. The van der Waals surface area contributed by atoms with Crippen LogP contribution in [0.15, 0.2) is 42.6 Å². The molecule has 0 aliphatic carbocycles. The number of fused-ring (bicyclic) bond motifs is 1. The normalized spacial score (nSPS) is 13.0. The van der Waals surface area contributed by atoms with Gasteiger partial charge < -0.3 is 10.2 Å². The van der Waals surface area contributed by atoms with Gasteiger partial charge in [-0.2, -0.15) is 0 Å². The predicted molar refractivity (Wildman–Crippen MR) is 89.5 cm³/mol. The van der Waals surface area contributed by atoms with Gasteiger partial charge in [0.15, 0.2) is 0 Å². The maximum absolute atomic E-state index is 12.7. The summed E-state index contributed by atoms with van der Waals surface area (Å²) in [5.41, 5.74) is 3.70. The minimum Gasteiger partial charge on any atom is -0.385 e. The lowest BCUT2D eigenvalue weighted by Gasteiger charge is -2.17. The van der Waals surface area contributed by atoms with Gasteiger partial charge >= 0.3 is 0 Å². The smallest absolute Gasteiger partial charge is 0.276 e. The van der Waals surface area contributed by atoms with E-state index in [0.29, 0.717) is 5.69 Å². The Morgan fingerprint density at radius 2 is 2.18 bits per heavy atom. The van der Waals surface area contributed by atoms with Crippen molar-refractivity contribution in [3.8, 4) is 0 Å². The van der Waals surface area contributed by atoms with Gasteiger partial charge in [0.25, 0.3) is 5.91 Å². The van der Waals surface area contributed by atoms with Crippen LogP contribution in [-0.4, -0.2) is 24.0 Å². The van der Waals surface area contributed by atoms with Crippen molar-refractivity contribution in [1.29, 1.82) is 0 Å². The molecule has 1 amide bonds. The molecule has 114 valence electrons. The first kappa shape index (κ1) is 14.6. The van der Waals surface area contributed by atoms with E-state index >= 15 is 0 Å². The number of carbonyl (C=O) groups excluding carboxylic acids is 1. The first-order chi connectivity index (χ1) is 10.8. The highest BCUT2D eigenvalue weighted by atomic mass is 16.2. The van der Waals surface area contributed by atoms with Gasteiger partial charge in [0.05, 0.1) is 0 Å². The Labute approximate surface area is 131 Å². The molecule has 3 rings (SSSR count). The van der Waals surface area contributed by atoms with E-state index in [0.717, 1.165) is 43.7 Å². The molecule has 1 N–H and O–H groups in total. The van der Waals surface area contributed by atoms with Crippen LogP contribution in [0.1, 0.15) is 35.8 Å². The standard InChI is InChI=1S/C18H21N3O/c1-2-3-10-19-15-8-11-20-16(13-15)18(22)21-12-9-14-6-4-5-7-17(14)21/h4-8,11,13H,2-3,9-10,12H2,1H3,(H,19,20). The highest BCUT2D eigenvalue weighted by molar-refractivity contribution is 6.06. The zero-order valence-electron chi connectivity index (χ0n) is 12.9. The number of nitrogens with one attached hydrogen (secondary N) is 1. The van der Waals surface area contributed by atoms with Crippen LogP contribution in [0, 0.1) is 0 Å². The Morgan fingerprint density at radius 1 is 1.32 bits per heavy atom. The summed E-state index contributed by atoms with van der Waals surface area (Å²) in [5.74, 6) is -0.0240. The van der Waals surface area contributed by atoms with Gasteiger partial charge in [-0.05, 0) is 36.6 Å². The van der Waals surface area contributed by atoms with Gasteiger partial charge in [-0.1, -0.05) is 31.5 Å². The number of rotatable bonds is 5. The van der Waals surface area contributed by atoms with Crippen molar-refractivity contribution in [2.24, 2.45) is 0 Å². The summed E-state index contributed by atoms with van der Waals surface area (Å²) >= 11 is 0. The summed E-state index contributed by atoms with van der Waals surface area (Å²) in [6.45, 7) is 3.81. The van der Waals surface area contributed by atoms with Gasteiger partial charge in [-0.15, -0.1) is 0 Å². The zero-order valence-corrected chi connectivity index (χ0v) is 12.9. The van der Waals surface area contributed by atoms with Crippen molar-refractivity contribution < 1.29 is 4.79 Å². The third-order valence-corrected chi connectivity index (χ3v) is 3.97. The van der Waals surface area contributed by atoms with Gasteiger partial charge in [0.2, 0.25) is 0 Å². The summed E-state index contributed by atoms with van der Waals surface area (Å²) in [6, 6.07) is 11.8. The van der Waals surface area contributed by atoms with Crippen molar-refractivity contribution >= 4 is 17.3 Å². The van der Waals surface area contributed by atoms with Crippen molar-refractivity contribution in [2.45, 2.75) is 26.2 Å². The summed E-state index contributed by atoms with van der Waals surface area (Å²) < 4.78 is 0. The Bertz CT molecular complexity index is 669. The number of benzene rings is 1. The molecule has 1 aromatic heterocycles. The van der Waals surface area contributed by atoms with Crippen molar-refractivity contribution in [2.75, 3.05) is 23.3 Å². The molecule has 2 aromatic rings. The molecule has 1 aliphatic heterocycles. The van der Waals surface area contributed by atoms with Crippen LogP contribution < -0.4 is 10.2 Å². The van der Waals surface area contributed by atoms with E-state index < -0.39 is 0 Å². The fourth-order valence-electron chi connectivity index (χ4n) is 2.75. The highest BCUT2D eigenvalue weighted by Gasteiger charge is 2.25. The van der Waals surface area contributed by atoms with E-state index in [-0.39, 0.29) is 5.91 Å². The second kappa shape index (κ2) is 6.60. The monoisotopic (exact) mass is 295 g/mol.